The molecule has 1 fully saturated rings. The molecule has 1 aromatic carbocycles. The van der Waals surface area contributed by atoms with Crippen LogP contribution in [0.15, 0.2) is 18.2 Å². The van der Waals surface area contributed by atoms with Crippen LogP contribution in [0.3, 0.4) is 0 Å². The topological polar surface area (TPSA) is 57.6 Å². The Bertz CT molecular complexity index is 631. The van der Waals surface area contributed by atoms with Crippen molar-refractivity contribution in [3.63, 3.8) is 0 Å². The van der Waals surface area contributed by atoms with E-state index in [1.807, 2.05) is 0 Å². The molecule has 0 saturated carbocycles. The van der Waals surface area contributed by atoms with Crippen LogP contribution in [0.25, 0.3) is 0 Å². The van der Waals surface area contributed by atoms with Gasteiger partial charge in [-0.25, -0.2) is 12.8 Å². The monoisotopic (exact) mass is 283 g/mol. The standard InChI is InChI=1S/C13H14FNO3S/c14-13-6-5-12(10-11(13)4-1-2-8-16)15-7-3-9-19(15,17)18/h5-6,10,16H,2-3,7-9H2. The normalized spacial score (nSPS) is 17.1. The van der Waals surface area contributed by atoms with E-state index >= 15 is 0 Å². The van der Waals surface area contributed by atoms with Crippen molar-refractivity contribution in [3.8, 4) is 11.8 Å². The van der Waals surface area contributed by atoms with Gasteiger partial charge in [0.2, 0.25) is 10.0 Å². The molecule has 19 heavy (non-hydrogen) atoms. The quantitative estimate of drug-likeness (QED) is 0.827. The van der Waals surface area contributed by atoms with Gasteiger partial charge in [-0.05, 0) is 24.6 Å². The number of benzene rings is 1. The number of hydrogen-bond acceptors (Lipinski definition) is 3. The van der Waals surface area contributed by atoms with Crippen molar-refractivity contribution in [2.24, 2.45) is 0 Å². The van der Waals surface area contributed by atoms with Crippen molar-refractivity contribution >= 4 is 15.7 Å². The van der Waals surface area contributed by atoms with Gasteiger partial charge >= 0.3 is 0 Å². The van der Waals surface area contributed by atoms with E-state index in [9.17, 15) is 12.8 Å². The molecule has 4 nitrogen and oxygen atoms in total. The van der Waals surface area contributed by atoms with Gasteiger partial charge in [0.1, 0.15) is 5.82 Å². The van der Waals surface area contributed by atoms with Crippen LogP contribution in [0, 0.1) is 17.7 Å². The highest BCUT2D eigenvalue weighted by Crippen LogP contribution is 2.25. The summed E-state index contributed by atoms with van der Waals surface area (Å²) in [6.07, 6.45) is 0.830. The van der Waals surface area contributed by atoms with Gasteiger partial charge in [-0.2, -0.15) is 0 Å². The first-order valence-electron chi connectivity index (χ1n) is 5.94. The summed E-state index contributed by atoms with van der Waals surface area (Å²) < 4.78 is 38.4. The number of aliphatic hydroxyl groups is 1. The number of sulfonamides is 1. The smallest absolute Gasteiger partial charge is 0.235 e. The lowest BCUT2D eigenvalue weighted by Gasteiger charge is -2.17. The average molecular weight is 283 g/mol. The minimum Gasteiger partial charge on any atom is -0.395 e. The fourth-order valence-electron chi connectivity index (χ4n) is 1.91. The molecule has 0 radical (unpaired) electrons. The largest absolute Gasteiger partial charge is 0.395 e. The first-order chi connectivity index (χ1) is 9.04. The molecular formula is C13H14FNO3S. The zero-order valence-electron chi connectivity index (χ0n) is 10.3. The Hall–Kier alpha value is -1.58. The molecular weight excluding hydrogens is 269 g/mol. The Morgan fingerprint density at radius 2 is 2.21 bits per heavy atom. The SMILES string of the molecule is O=S1(=O)CCCN1c1ccc(F)c(C#CCCO)c1. The Labute approximate surface area is 111 Å². The highest BCUT2D eigenvalue weighted by atomic mass is 32.2. The summed E-state index contributed by atoms with van der Waals surface area (Å²) in [5.41, 5.74) is 0.584. The van der Waals surface area contributed by atoms with Gasteiger partial charge in [-0.15, -0.1) is 0 Å². The maximum atomic E-state index is 13.5. The number of aliphatic hydroxyl groups excluding tert-OH is 1. The van der Waals surface area contributed by atoms with E-state index in [0.29, 0.717) is 18.7 Å². The molecule has 1 N–H and O–H groups in total. The molecule has 1 aromatic rings. The highest BCUT2D eigenvalue weighted by Gasteiger charge is 2.28. The minimum atomic E-state index is -3.27. The Morgan fingerprint density at radius 1 is 1.42 bits per heavy atom. The fraction of sp³-hybridized carbons (Fsp3) is 0.385. The third kappa shape index (κ3) is 3.06. The van der Waals surface area contributed by atoms with Crippen molar-refractivity contribution in [2.75, 3.05) is 23.2 Å². The van der Waals surface area contributed by atoms with Gasteiger partial charge in [-0.3, -0.25) is 4.31 Å². The molecule has 0 aliphatic carbocycles. The maximum absolute atomic E-state index is 13.5. The van der Waals surface area contributed by atoms with Crippen LogP contribution < -0.4 is 4.31 Å². The molecule has 0 spiro atoms. The lowest BCUT2D eigenvalue weighted by atomic mass is 10.2. The van der Waals surface area contributed by atoms with Crippen molar-refractivity contribution in [1.29, 1.82) is 0 Å². The Balaban J connectivity index is 2.34. The second-order valence-electron chi connectivity index (χ2n) is 4.18. The van der Waals surface area contributed by atoms with Gasteiger partial charge in [0.05, 0.1) is 23.6 Å². The molecule has 1 saturated heterocycles. The zero-order chi connectivity index (χ0) is 13.9. The first-order valence-corrected chi connectivity index (χ1v) is 7.55. The molecule has 2 rings (SSSR count). The van der Waals surface area contributed by atoms with Gasteiger partial charge in [0.15, 0.2) is 0 Å². The van der Waals surface area contributed by atoms with E-state index in [-0.39, 0.29) is 24.3 Å². The number of halogens is 1. The lowest BCUT2D eigenvalue weighted by molar-refractivity contribution is 0.305. The Kier molecular flexibility index (Phi) is 4.08. The summed E-state index contributed by atoms with van der Waals surface area (Å²) >= 11 is 0. The van der Waals surface area contributed by atoms with E-state index in [1.165, 1.54) is 22.5 Å². The molecule has 1 heterocycles. The fourth-order valence-corrected chi connectivity index (χ4v) is 3.46. The number of hydrogen-bond donors (Lipinski definition) is 1. The first kappa shape index (κ1) is 13.8. The maximum Gasteiger partial charge on any atom is 0.235 e. The molecule has 0 unspecified atom stereocenters. The summed E-state index contributed by atoms with van der Waals surface area (Å²) in [5, 5.41) is 8.63. The van der Waals surface area contributed by atoms with Crippen molar-refractivity contribution in [1.82, 2.24) is 0 Å². The van der Waals surface area contributed by atoms with E-state index in [4.69, 9.17) is 5.11 Å². The van der Waals surface area contributed by atoms with E-state index < -0.39 is 15.8 Å². The number of anilines is 1. The second-order valence-corrected chi connectivity index (χ2v) is 6.19. The zero-order valence-corrected chi connectivity index (χ0v) is 11.1. The lowest BCUT2D eigenvalue weighted by Crippen LogP contribution is -2.25. The van der Waals surface area contributed by atoms with Crippen LogP contribution in [0.2, 0.25) is 0 Å². The molecule has 6 heteroatoms. The highest BCUT2D eigenvalue weighted by molar-refractivity contribution is 7.93. The average Bonchev–Trinajstić information content (AvgIpc) is 2.72. The van der Waals surface area contributed by atoms with Gasteiger partial charge in [0, 0.05) is 13.0 Å². The molecule has 0 bridgehead atoms. The minimum absolute atomic E-state index is 0.0885. The molecule has 0 aromatic heterocycles. The molecule has 0 atom stereocenters. The summed E-state index contributed by atoms with van der Waals surface area (Å²) in [6, 6.07) is 4.09. The van der Waals surface area contributed by atoms with Crippen LogP contribution in [-0.4, -0.2) is 32.4 Å². The third-order valence-electron chi connectivity index (χ3n) is 2.80. The van der Waals surface area contributed by atoms with Gasteiger partial charge in [-0.1, -0.05) is 11.8 Å². The van der Waals surface area contributed by atoms with Crippen molar-refractivity contribution < 1.29 is 17.9 Å². The predicted octanol–water partition coefficient (Wildman–Crippen LogP) is 1.10. The van der Waals surface area contributed by atoms with Crippen LogP contribution in [0.5, 0.6) is 0 Å². The van der Waals surface area contributed by atoms with E-state index in [0.717, 1.165) is 0 Å². The second kappa shape index (κ2) is 5.59. The molecule has 1 aliphatic heterocycles. The number of rotatable bonds is 2. The third-order valence-corrected chi connectivity index (χ3v) is 4.67. The molecule has 102 valence electrons. The summed E-state index contributed by atoms with van der Waals surface area (Å²) in [6.45, 7) is 0.326. The van der Waals surface area contributed by atoms with E-state index in [2.05, 4.69) is 11.8 Å². The summed E-state index contributed by atoms with van der Waals surface area (Å²) in [4.78, 5) is 0. The van der Waals surface area contributed by atoms with Crippen LogP contribution in [0.1, 0.15) is 18.4 Å². The van der Waals surface area contributed by atoms with Gasteiger partial charge in [0.25, 0.3) is 0 Å². The molecule has 0 amide bonds. The van der Waals surface area contributed by atoms with Crippen molar-refractivity contribution in [2.45, 2.75) is 12.8 Å². The number of nitrogens with zero attached hydrogens (tertiary/aromatic N) is 1. The Morgan fingerprint density at radius 3 is 2.84 bits per heavy atom. The summed E-state index contributed by atoms with van der Waals surface area (Å²) in [7, 11) is -3.27. The summed E-state index contributed by atoms with van der Waals surface area (Å²) in [5.74, 6) is 4.85. The van der Waals surface area contributed by atoms with Gasteiger partial charge < -0.3 is 5.11 Å². The van der Waals surface area contributed by atoms with Crippen LogP contribution >= 0.6 is 0 Å². The van der Waals surface area contributed by atoms with Crippen molar-refractivity contribution in [3.05, 3.63) is 29.6 Å². The van der Waals surface area contributed by atoms with E-state index in [1.54, 1.807) is 0 Å². The van der Waals surface area contributed by atoms with Crippen LogP contribution in [-0.2, 0) is 10.0 Å². The predicted molar refractivity (Wildman–Crippen MR) is 70.7 cm³/mol. The molecule has 1 aliphatic rings. The van der Waals surface area contributed by atoms with Crippen LogP contribution in [0.4, 0.5) is 10.1 Å².